The van der Waals surface area contributed by atoms with Gasteiger partial charge in [-0.25, -0.2) is 15.0 Å². The van der Waals surface area contributed by atoms with E-state index in [9.17, 15) is 4.79 Å². The van der Waals surface area contributed by atoms with Crippen molar-refractivity contribution in [3.63, 3.8) is 0 Å². The monoisotopic (exact) mass is 333 g/mol. The lowest BCUT2D eigenvalue weighted by Gasteiger charge is -2.10. The van der Waals surface area contributed by atoms with Gasteiger partial charge in [0.05, 0.1) is 12.6 Å². The molecule has 0 saturated heterocycles. The van der Waals surface area contributed by atoms with Gasteiger partial charge < -0.3 is 9.47 Å². The summed E-state index contributed by atoms with van der Waals surface area (Å²) < 4.78 is 11.3. The number of carbonyl (C=O) groups is 1. The molecule has 0 N–H and O–H groups in total. The molecule has 6 nitrogen and oxygen atoms in total. The number of benzene rings is 1. The van der Waals surface area contributed by atoms with Gasteiger partial charge in [0.2, 0.25) is 0 Å². The third-order valence-corrected chi connectivity index (χ3v) is 4.63. The highest BCUT2D eigenvalue weighted by Crippen LogP contribution is 2.37. The van der Waals surface area contributed by atoms with Crippen molar-refractivity contribution in [2.75, 3.05) is 7.11 Å². The highest BCUT2D eigenvalue weighted by molar-refractivity contribution is 8.01. The molecule has 22 heavy (non-hydrogen) atoms. The van der Waals surface area contributed by atoms with Crippen molar-refractivity contribution in [1.29, 1.82) is 0 Å². The first-order chi connectivity index (χ1) is 10.7. The summed E-state index contributed by atoms with van der Waals surface area (Å²) in [5.74, 6) is 0.383. The highest BCUT2D eigenvalue weighted by atomic mass is 32.2. The number of aromatic nitrogens is 3. The number of hydrogen-bond acceptors (Lipinski definition) is 8. The van der Waals surface area contributed by atoms with Gasteiger partial charge in [0.25, 0.3) is 0 Å². The summed E-state index contributed by atoms with van der Waals surface area (Å²) in [5, 5.41) is 3.43. The van der Waals surface area contributed by atoms with Gasteiger partial charge in [-0.1, -0.05) is 0 Å². The number of thiazole rings is 1. The molecule has 2 heterocycles. The summed E-state index contributed by atoms with van der Waals surface area (Å²) in [4.78, 5) is 24.0. The Labute approximate surface area is 134 Å². The molecule has 0 aliphatic rings. The van der Waals surface area contributed by atoms with Gasteiger partial charge in [0.15, 0.2) is 15.8 Å². The predicted octanol–water partition coefficient (Wildman–Crippen LogP) is 3.17. The van der Waals surface area contributed by atoms with E-state index in [-0.39, 0.29) is 0 Å². The molecule has 2 aromatic heterocycles. The quantitative estimate of drug-likeness (QED) is 0.412. The van der Waals surface area contributed by atoms with Crippen LogP contribution >= 0.6 is 23.1 Å². The van der Waals surface area contributed by atoms with Crippen LogP contribution in [0.25, 0.3) is 10.9 Å². The summed E-state index contributed by atoms with van der Waals surface area (Å²) in [6, 6.07) is 3.44. The Morgan fingerprint density at radius 3 is 2.77 bits per heavy atom. The minimum atomic E-state index is -0.413. The first kappa shape index (κ1) is 14.7. The van der Waals surface area contributed by atoms with E-state index in [1.54, 1.807) is 18.3 Å². The number of nitrogens with zero attached hydrogens (tertiary/aromatic N) is 3. The van der Waals surface area contributed by atoms with Crippen molar-refractivity contribution in [2.24, 2.45) is 0 Å². The van der Waals surface area contributed by atoms with Crippen molar-refractivity contribution in [2.45, 2.75) is 16.3 Å². The molecule has 0 atom stereocenters. The van der Waals surface area contributed by atoms with E-state index in [1.165, 1.54) is 43.5 Å². The molecular formula is C14H11N3O3S2. The number of esters is 1. The van der Waals surface area contributed by atoms with E-state index in [1.807, 2.05) is 5.38 Å². The second-order valence-corrected chi connectivity index (χ2v) is 6.32. The molecule has 112 valence electrons. The van der Waals surface area contributed by atoms with Crippen LogP contribution in [0.1, 0.15) is 6.92 Å². The van der Waals surface area contributed by atoms with Crippen molar-refractivity contribution in [3.05, 3.63) is 30.0 Å². The number of hydrogen-bond donors (Lipinski definition) is 0. The Morgan fingerprint density at radius 2 is 2.09 bits per heavy atom. The largest absolute Gasteiger partial charge is 0.493 e. The molecule has 0 spiro atoms. The maximum Gasteiger partial charge on any atom is 0.308 e. The van der Waals surface area contributed by atoms with E-state index in [0.717, 1.165) is 14.8 Å². The lowest BCUT2D eigenvalue weighted by molar-refractivity contribution is -0.131. The zero-order valence-corrected chi connectivity index (χ0v) is 13.4. The number of ether oxygens (including phenoxy) is 2. The van der Waals surface area contributed by atoms with Crippen molar-refractivity contribution >= 4 is 40.0 Å². The molecule has 0 aliphatic heterocycles. The first-order valence-electron chi connectivity index (χ1n) is 6.26. The second kappa shape index (κ2) is 6.29. The van der Waals surface area contributed by atoms with E-state index in [4.69, 9.17) is 9.47 Å². The molecular weight excluding hydrogens is 322 g/mol. The number of rotatable bonds is 4. The summed E-state index contributed by atoms with van der Waals surface area (Å²) in [7, 11) is 1.51. The van der Waals surface area contributed by atoms with Crippen molar-refractivity contribution in [3.8, 4) is 11.5 Å². The molecule has 0 unspecified atom stereocenters. The van der Waals surface area contributed by atoms with Gasteiger partial charge in [0.1, 0.15) is 11.4 Å². The van der Waals surface area contributed by atoms with Crippen LogP contribution in [0.5, 0.6) is 11.5 Å². The smallest absolute Gasteiger partial charge is 0.308 e. The van der Waals surface area contributed by atoms with Crippen LogP contribution in [0.3, 0.4) is 0 Å². The lowest BCUT2D eigenvalue weighted by atomic mass is 10.2. The van der Waals surface area contributed by atoms with E-state index < -0.39 is 5.97 Å². The summed E-state index contributed by atoms with van der Waals surface area (Å²) in [6.07, 6.45) is 3.23. The predicted molar refractivity (Wildman–Crippen MR) is 83.6 cm³/mol. The maximum atomic E-state index is 11.2. The highest BCUT2D eigenvalue weighted by Gasteiger charge is 2.14. The summed E-state index contributed by atoms with van der Waals surface area (Å²) >= 11 is 2.97. The van der Waals surface area contributed by atoms with Crippen LogP contribution in [-0.4, -0.2) is 28.0 Å². The number of carbonyl (C=O) groups excluding carboxylic acids is 1. The van der Waals surface area contributed by atoms with Crippen LogP contribution < -0.4 is 9.47 Å². The lowest BCUT2D eigenvalue weighted by Crippen LogP contribution is -2.03. The van der Waals surface area contributed by atoms with Crippen LogP contribution in [-0.2, 0) is 4.79 Å². The van der Waals surface area contributed by atoms with Gasteiger partial charge in [0, 0.05) is 30.0 Å². The zero-order valence-electron chi connectivity index (χ0n) is 11.8. The normalized spacial score (nSPS) is 10.6. The van der Waals surface area contributed by atoms with Gasteiger partial charge in [-0.3, -0.25) is 4.79 Å². The first-order valence-corrected chi connectivity index (χ1v) is 7.95. The van der Waals surface area contributed by atoms with Gasteiger partial charge >= 0.3 is 5.97 Å². The minimum Gasteiger partial charge on any atom is -0.493 e. The van der Waals surface area contributed by atoms with Crippen molar-refractivity contribution < 1.29 is 14.3 Å². The SMILES string of the molecule is COc1cc2ncnc(Sc3nccs3)c2cc1OC(C)=O. The Morgan fingerprint density at radius 1 is 1.23 bits per heavy atom. The minimum absolute atomic E-state index is 0.346. The van der Waals surface area contributed by atoms with E-state index in [2.05, 4.69) is 15.0 Å². The molecule has 3 aromatic rings. The molecule has 3 rings (SSSR count). The molecule has 0 aliphatic carbocycles. The molecule has 0 saturated carbocycles. The third-order valence-electron chi connectivity index (χ3n) is 2.73. The number of fused-ring (bicyclic) bond motifs is 1. The van der Waals surface area contributed by atoms with Crippen LogP contribution in [0, 0.1) is 0 Å². The molecule has 8 heteroatoms. The van der Waals surface area contributed by atoms with Gasteiger partial charge in [-0.2, -0.15) is 0 Å². The van der Waals surface area contributed by atoms with Crippen LogP contribution in [0.2, 0.25) is 0 Å². The van der Waals surface area contributed by atoms with E-state index in [0.29, 0.717) is 17.0 Å². The fourth-order valence-electron chi connectivity index (χ4n) is 1.86. The Hall–Kier alpha value is -2.19. The average Bonchev–Trinajstić information content (AvgIpc) is 2.99. The molecule has 0 fully saturated rings. The summed E-state index contributed by atoms with van der Waals surface area (Å²) in [5.41, 5.74) is 0.710. The van der Waals surface area contributed by atoms with Gasteiger partial charge in [-0.05, 0) is 17.8 Å². The zero-order chi connectivity index (χ0) is 15.5. The Bertz CT molecular complexity index is 822. The fourth-order valence-corrected chi connectivity index (χ4v) is 3.47. The van der Waals surface area contributed by atoms with Crippen LogP contribution in [0.4, 0.5) is 0 Å². The molecule has 0 amide bonds. The Kier molecular flexibility index (Phi) is 4.21. The third kappa shape index (κ3) is 3.02. The molecule has 0 bridgehead atoms. The average molecular weight is 333 g/mol. The number of methoxy groups -OCH3 is 1. The summed E-state index contributed by atoms with van der Waals surface area (Å²) in [6.45, 7) is 1.34. The van der Waals surface area contributed by atoms with Gasteiger partial charge in [-0.15, -0.1) is 11.3 Å². The van der Waals surface area contributed by atoms with Crippen LogP contribution in [0.15, 0.2) is 39.4 Å². The van der Waals surface area contributed by atoms with Crippen molar-refractivity contribution in [1.82, 2.24) is 15.0 Å². The fraction of sp³-hybridized carbons (Fsp3) is 0.143. The molecule has 0 radical (unpaired) electrons. The molecule has 1 aromatic carbocycles. The standard InChI is InChI=1S/C14H11N3O3S2/c1-8(18)20-12-5-9-10(6-11(12)19-2)16-7-17-13(9)22-14-15-3-4-21-14/h3-7H,1-2H3. The maximum absolute atomic E-state index is 11.2. The Balaban J connectivity index is 2.11. The second-order valence-electron chi connectivity index (χ2n) is 4.19. The topological polar surface area (TPSA) is 74.2 Å². The van der Waals surface area contributed by atoms with E-state index >= 15 is 0 Å².